The van der Waals surface area contributed by atoms with Crippen LogP contribution in [0.4, 0.5) is 0 Å². The Morgan fingerprint density at radius 1 is 1.25 bits per heavy atom. The molecule has 1 heterocycles. The average molecular weight is 313 g/mol. The number of benzene rings is 1. The highest BCUT2D eigenvalue weighted by atomic mass is 35.5. The molecule has 1 aromatic carbocycles. The Hall–Kier alpha value is -1.03. The number of amides is 1. The van der Waals surface area contributed by atoms with Crippen LogP contribution in [-0.4, -0.2) is 48.4 Å². The van der Waals surface area contributed by atoms with Crippen molar-refractivity contribution in [3.05, 3.63) is 46.5 Å². The summed E-state index contributed by atoms with van der Waals surface area (Å²) in [7, 11) is 0. The van der Waals surface area contributed by atoms with Crippen molar-refractivity contribution in [2.45, 2.75) is 6.42 Å². The third kappa shape index (κ3) is 3.75. The van der Waals surface area contributed by atoms with Crippen molar-refractivity contribution in [3.63, 3.8) is 0 Å². The lowest BCUT2D eigenvalue weighted by atomic mass is 10.2. The molecule has 0 radical (unpaired) electrons. The Bertz CT molecular complexity index is 505. The Labute approximate surface area is 129 Å². The minimum absolute atomic E-state index is 0.0436. The second-order valence-electron chi connectivity index (χ2n) is 4.86. The Morgan fingerprint density at radius 2 is 2.05 bits per heavy atom. The van der Waals surface area contributed by atoms with Crippen LogP contribution in [0.1, 0.15) is 16.8 Å². The molecule has 1 aliphatic rings. The molecule has 3 nitrogen and oxygen atoms in total. The Balaban J connectivity index is 2.09. The number of hydrogen-bond donors (Lipinski definition) is 0. The van der Waals surface area contributed by atoms with E-state index in [9.17, 15) is 4.79 Å². The first-order valence-electron chi connectivity index (χ1n) is 6.69. The number of rotatable bonds is 3. The minimum Gasteiger partial charge on any atom is -0.337 e. The van der Waals surface area contributed by atoms with Crippen LogP contribution in [0, 0.1) is 0 Å². The van der Waals surface area contributed by atoms with E-state index < -0.39 is 0 Å². The monoisotopic (exact) mass is 312 g/mol. The first-order valence-corrected chi connectivity index (χ1v) is 7.45. The van der Waals surface area contributed by atoms with E-state index in [-0.39, 0.29) is 5.91 Å². The van der Waals surface area contributed by atoms with Gasteiger partial charge in [-0.25, -0.2) is 0 Å². The third-order valence-corrected chi connectivity index (χ3v) is 3.99. The molecule has 1 aliphatic heterocycles. The van der Waals surface area contributed by atoms with E-state index in [0.29, 0.717) is 22.2 Å². The Kier molecular flexibility index (Phi) is 5.46. The van der Waals surface area contributed by atoms with Crippen molar-refractivity contribution < 1.29 is 4.79 Å². The molecule has 0 saturated carbocycles. The standard InChI is InChI=1S/C15H18Cl2N2O/c1-2-6-18-7-3-8-19(10-9-18)15(20)13-11-12(16)4-5-14(13)17/h2,4-5,11H,1,3,6-10H2. The van der Waals surface area contributed by atoms with Gasteiger partial charge in [-0.1, -0.05) is 29.3 Å². The molecular formula is C15H18Cl2N2O. The molecule has 108 valence electrons. The zero-order valence-corrected chi connectivity index (χ0v) is 12.8. The van der Waals surface area contributed by atoms with E-state index in [1.165, 1.54) is 0 Å². The van der Waals surface area contributed by atoms with Gasteiger partial charge in [-0.2, -0.15) is 0 Å². The van der Waals surface area contributed by atoms with E-state index in [1.54, 1.807) is 18.2 Å². The lowest BCUT2D eigenvalue weighted by molar-refractivity contribution is 0.0762. The molecule has 1 amide bonds. The lowest BCUT2D eigenvalue weighted by Gasteiger charge is -2.22. The van der Waals surface area contributed by atoms with Gasteiger partial charge in [0.15, 0.2) is 0 Å². The van der Waals surface area contributed by atoms with Gasteiger partial charge in [-0.15, -0.1) is 6.58 Å². The second-order valence-corrected chi connectivity index (χ2v) is 5.70. The summed E-state index contributed by atoms with van der Waals surface area (Å²) in [6.45, 7) is 7.91. The van der Waals surface area contributed by atoms with Crippen LogP contribution >= 0.6 is 23.2 Å². The molecule has 2 rings (SSSR count). The molecular weight excluding hydrogens is 295 g/mol. The fraction of sp³-hybridized carbons (Fsp3) is 0.400. The summed E-state index contributed by atoms with van der Waals surface area (Å²) < 4.78 is 0. The number of halogens is 2. The predicted octanol–water partition coefficient (Wildman–Crippen LogP) is 3.33. The van der Waals surface area contributed by atoms with Crippen LogP contribution in [0.2, 0.25) is 10.0 Å². The van der Waals surface area contributed by atoms with Crippen LogP contribution in [0.3, 0.4) is 0 Å². The zero-order valence-electron chi connectivity index (χ0n) is 11.3. The summed E-state index contributed by atoms with van der Waals surface area (Å²) in [5.41, 5.74) is 0.483. The van der Waals surface area contributed by atoms with Gasteiger partial charge in [-0.3, -0.25) is 9.69 Å². The van der Waals surface area contributed by atoms with Crippen LogP contribution in [0.5, 0.6) is 0 Å². The molecule has 0 aliphatic carbocycles. The first kappa shape index (κ1) is 15.4. The van der Waals surface area contributed by atoms with Crippen molar-refractivity contribution in [1.29, 1.82) is 0 Å². The average Bonchev–Trinajstić information content (AvgIpc) is 2.67. The topological polar surface area (TPSA) is 23.6 Å². The van der Waals surface area contributed by atoms with Gasteiger partial charge in [0.1, 0.15) is 0 Å². The summed E-state index contributed by atoms with van der Waals surface area (Å²) in [6.07, 6.45) is 2.85. The summed E-state index contributed by atoms with van der Waals surface area (Å²) in [5, 5.41) is 0.979. The van der Waals surface area contributed by atoms with Crippen LogP contribution in [-0.2, 0) is 0 Å². The molecule has 0 aromatic heterocycles. The van der Waals surface area contributed by atoms with Crippen molar-refractivity contribution in [3.8, 4) is 0 Å². The van der Waals surface area contributed by atoms with Crippen molar-refractivity contribution >= 4 is 29.1 Å². The van der Waals surface area contributed by atoms with E-state index in [2.05, 4.69) is 11.5 Å². The van der Waals surface area contributed by atoms with Gasteiger partial charge >= 0.3 is 0 Å². The Morgan fingerprint density at radius 3 is 2.80 bits per heavy atom. The number of carbonyl (C=O) groups is 1. The quantitative estimate of drug-likeness (QED) is 0.799. The normalized spacial score (nSPS) is 16.8. The highest BCUT2D eigenvalue weighted by molar-refractivity contribution is 6.35. The predicted molar refractivity (Wildman–Crippen MR) is 83.6 cm³/mol. The van der Waals surface area contributed by atoms with Crippen LogP contribution in [0.15, 0.2) is 30.9 Å². The fourth-order valence-corrected chi connectivity index (χ4v) is 2.74. The number of hydrogen-bond acceptors (Lipinski definition) is 2. The SMILES string of the molecule is C=CCN1CCCN(C(=O)c2cc(Cl)ccc2Cl)CC1. The van der Waals surface area contributed by atoms with E-state index in [4.69, 9.17) is 23.2 Å². The smallest absolute Gasteiger partial charge is 0.255 e. The summed E-state index contributed by atoms with van der Waals surface area (Å²) in [4.78, 5) is 16.7. The largest absolute Gasteiger partial charge is 0.337 e. The number of nitrogens with zero attached hydrogens (tertiary/aromatic N) is 2. The molecule has 0 atom stereocenters. The van der Waals surface area contributed by atoms with E-state index in [0.717, 1.165) is 32.6 Å². The minimum atomic E-state index is -0.0436. The van der Waals surface area contributed by atoms with Crippen LogP contribution < -0.4 is 0 Å². The third-order valence-electron chi connectivity index (χ3n) is 3.42. The van der Waals surface area contributed by atoms with Gasteiger partial charge in [0, 0.05) is 37.7 Å². The van der Waals surface area contributed by atoms with Gasteiger partial charge in [0.25, 0.3) is 5.91 Å². The maximum atomic E-state index is 12.5. The van der Waals surface area contributed by atoms with E-state index in [1.807, 2.05) is 11.0 Å². The van der Waals surface area contributed by atoms with Crippen molar-refractivity contribution in [2.24, 2.45) is 0 Å². The second kappa shape index (κ2) is 7.11. The van der Waals surface area contributed by atoms with Crippen molar-refractivity contribution in [1.82, 2.24) is 9.80 Å². The summed E-state index contributed by atoms with van der Waals surface area (Å²) in [6, 6.07) is 4.99. The lowest BCUT2D eigenvalue weighted by Crippen LogP contribution is -2.35. The summed E-state index contributed by atoms with van der Waals surface area (Å²) >= 11 is 12.0. The van der Waals surface area contributed by atoms with E-state index >= 15 is 0 Å². The van der Waals surface area contributed by atoms with Gasteiger partial charge < -0.3 is 4.90 Å². The molecule has 20 heavy (non-hydrogen) atoms. The fourth-order valence-electron chi connectivity index (χ4n) is 2.37. The molecule has 1 aromatic rings. The molecule has 0 N–H and O–H groups in total. The molecule has 0 spiro atoms. The molecule has 0 bridgehead atoms. The summed E-state index contributed by atoms with van der Waals surface area (Å²) in [5.74, 6) is -0.0436. The maximum Gasteiger partial charge on any atom is 0.255 e. The highest BCUT2D eigenvalue weighted by Gasteiger charge is 2.21. The van der Waals surface area contributed by atoms with Gasteiger partial charge in [0.2, 0.25) is 0 Å². The molecule has 0 unspecified atom stereocenters. The van der Waals surface area contributed by atoms with Crippen LogP contribution in [0.25, 0.3) is 0 Å². The van der Waals surface area contributed by atoms with Gasteiger partial charge in [0.05, 0.1) is 10.6 Å². The molecule has 5 heteroatoms. The molecule has 1 fully saturated rings. The maximum absolute atomic E-state index is 12.5. The van der Waals surface area contributed by atoms with Crippen molar-refractivity contribution in [2.75, 3.05) is 32.7 Å². The highest BCUT2D eigenvalue weighted by Crippen LogP contribution is 2.22. The van der Waals surface area contributed by atoms with Gasteiger partial charge in [-0.05, 0) is 24.6 Å². The molecule has 1 saturated heterocycles. The zero-order chi connectivity index (χ0) is 14.5. The first-order chi connectivity index (χ1) is 9.61. The number of carbonyl (C=O) groups excluding carboxylic acids is 1.